The van der Waals surface area contributed by atoms with Crippen molar-refractivity contribution in [2.75, 3.05) is 39.9 Å². The van der Waals surface area contributed by atoms with Crippen LogP contribution >= 0.6 is 0 Å². The average molecular weight is 394 g/mol. The maximum Gasteiger partial charge on any atom is 0.121 e. The van der Waals surface area contributed by atoms with Crippen LogP contribution in [0.2, 0.25) is 0 Å². The van der Waals surface area contributed by atoms with E-state index in [1.807, 2.05) is 18.5 Å². The van der Waals surface area contributed by atoms with E-state index >= 15 is 0 Å². The molecule has 1 aromatic carbocycles. The maximum absolute atomic E-state index is 5.23. The molecular formula is C23H31N5O. The number of aromatic amines is 1. The van der Waals surface area contributed by atoms with Gasteiger partial charge in [-0.05, 0) is 61.7 Å². The summed E-state index contributed by atoms with van der Waals surface area (Å²) >= 11 is 0. The number of nitrogens with zero attached hydrogens (tertiary/aromatic N) is 4. The van der Waals surface area contributed by atoms with Crippen LogP contribution in [0, 0.1) is 5.92 Å². The number of piperidine rings is 1. The smallest absolute Gasteiger partial charge is 0.121 e. The summed E-state index contributed by atoms with van der Waals surface area (Å²) in [4.78, 5) is 17.5. The van der Waals surface area contributed by atoms with Crippen LogP contribution in [0.4, 0.5) is 0 Å². The molecule has 154 valence electrons. The number of rotatable bonds is 9. The predicted octanol–water partition coefficient (Wildman–Crippen LogP) is 3.32. The molecule has 0 atom stereocenters. The molecule has 6 nitrogen and oxygen atoms in total. The van der Waals surface area contributed by atoms with Gasteiger partial charge in [0.2, 0.25) is 0 Å². The van der Waals surface area contributed by atoms with Gasteiger partial charge in [0.05, 0.1) is 24.2 Å². The van der Waals surface area contributed by atoms with Gasteiger partial charge in [0.1, 0.15) is 5.82 Å². The van der Waals surface area contributed by atoms with Crippen LogP contribution in [0.3, 0.4) is 0 Å². The van der Waals surface area contributed by atoms with Crippen molar-refractivity contribution in [3.63, 3.8) is 0 Å². The zero-order valence-corrected chi connectivity index (χ0v) is 17.3. The Morgan fingerprint density at radius 3 is 2.66 bits per heavy atom. The Bertz CT molecular complexity index is 840. The molecule has 29 heavy (non-hydrogen) atoms. The van der Waals surface area contributed by atoms with E-state index in [0.29, 0.717) is 0 Å². The molecule has 3 aromatic rings. The number of methoxy groups -OCH3 is 1. The van der Waals surface area contributed by atoms with Crippen LogP contribution in [0.15, 0.2) is 48.8 Å². The molecule has 1 aliphatic heterocycles. The second-order valence-electron chi connectivity index (χ2n) is 8.00. The van der Waals surface area contributed by atoms with Gasteiger partial charge < -0.3 is 14.6 Å². The fourth-order valence-corrected chi connectivity index (χ4v) is 4.20. The average Bonchev–Trinajstić information content (AvgIpc) is 3.16. The summed E-state index contributed by atoms with van der Waals surface area (Å²) in [6, 6.07) is 12.5. The number of H-pyrrole nitrogens is 1. The number of pyridine rings is 1. The first-order valence-corrected chi connectivity index (χ1v) is 10.6. The minimum atomic E-state index is 0.722. The van der Waals surface area contributed by atoms with Crippen molar-refractivity contribution in [1.29, 1.82) is 0 Å². The van der Waals surface area contributed by atoms with Crippen LogP contribution in [0.5, 0.6) is 0 Å². The van der Waals surface area contributed by atoms with E-state index in [9.17, 15) is 0 Å². The third-order valence-corrected chi connectivity index (χ3v) is 5.80. The third kappa shape index (κ3) is 5.63. The molecule has 0 radical (unpaired) electrons. The number of hydrogen-bond donors (Lipinski definition) is 1. The van der Waals surface area contributed by atoms with Gasteiger partial charge in [0.25, 0.3) is 0 Å². The van der Waals surface area contributed by atoms with E-state index in [1.54, 1.807) is 7.11 Å². The van der Waals surface area contributed by atoms with Crippen molar-refractivity contribution in [2.24, 2.45) is 5.92 Å². The van der Waals surface area contributed by atoms with Gasteiger partial charge in [-0.3, -0.25) is 9.88 Å². The lowest BCUT2D eigenvalue weighted by molar-refractivity contribution is 0.103. The molecule has 0 aliphatic carbocycles. The largest absolute Gasteiger partial charge is 0.383 e. The summed E-state index contributed by atoms with van der Waals surface area (Å²) < 4.78 is 5.23. The van der Waals surface area contributed by atoms with Gasteiger partial charge >= 0.3 is 0 Å². The number of imidazole rings is 1. The normalized spacial score (nSPS) is 16.1. The second-order valence-corrected chi connectivity index (χ2v) is 8.00. The summed E-state index contributed by atoms with van der Waals surface area (Å²) in [7, 11) is 1.78. The molecule has 4 rings (SSSR count). The zero-order chi connectivity index (χ0) is 19.9. The summed E-state index contributed by atoms with van der Waals surface area (Å²) in [5.41, 5.74) is 3.45. The number of benzene rings is 1. The van der Waals surface area contributed by atoms with E-state index in [0.717, 1.165) is 55.6 Å². The Hall–Kier alpha value is -2.28. The summed E-state index contributed by atoms with van der Waals surface area (Å²) in [6.45, 7) is 7.05. The molecule has 0 bridgehead atoms. The first kappa shape index (κ1) is 20.0. The highest BCUT2D eigenvalue weighted by atomic mass is 16.5. The van der Waals surface area contributed by atoms with Gasteiger partial charge in [0.15, 0.2) is 0 Å². The zero-order valence-electron chi connectivity index (χ0n) is 17.3. The van der Waals surface area contributed by atoms with E-state index in [-0.39, 0.29) is 0 Å². The van der Waals surface area contributed by atoms with Crippen LogP contribution < -0.4 is 0 Å². The van der Waals surface area contributed by atoms with Gasteiger partial charge in [-0.2, -0.15) is 0 Å². The van der Waals surface area contributed by atoms with Gasteiger partial charge in [-0.1, -0.05) is 12.1 Å². The van der Waals surface area contributed by atoms with Crippen LogP contribution in [0.25, 0.3) is 11.0 Å². The van der Waals surface area contributed by atoms with Crippen molar-refractivity contribution < 1.29 is 4.74 Å². The fraction of sp³-hybridized carbons (Fsp3) is 0.478. The quantitative estimate of drug-likeness (QED) is 0.604. The number of ether oxygens (including phenoxy) is 1. The van der Waals surface area contributed by atoms with Gasteiger partial charge in [0, 0.05) is 39.1 Å². The molecule has 1 N–H and O–H groups in total. The summed E-state index contributed by atoms with van der Waals surface area (Å²) in [6.07, 6.45) is 6.25. The molecule has 1 fully saturated rings. The molecular weight excluding hydrogens is 362 g/mol. The van der Waals surface area contributed by atoms with Crippen molar-refractivity contribution >= 4 is 11.0 Å². The van der Waals surface area contributed by atoms with Crippen molar-refractivity contribution in [3.05, 3.63) is 60.2 Å². The highest BCUT2D eigenvalue weighted by molar-refractivity contribution is 5.74. The molecule has 1 aliphatic rings. The monoisotopic (exact) mass is 393 g/mol. The van der Waals surface area contributed by atoms with E-state index in [2.05, 4.69) is 50.1 Å². The number of fused-ring (bicyclic) bond motifs is 1. The van der Waals surface area contributed by atoms with Crippen molar-refractivity contribution in [3.8, 4) is 0 Å². The molecule has 0 amide bonds. The Morgan fingerprint density at radius 2 is 1.90 bits per heavy atom. The first-order chi connectivity index (χ1) is 14.3. The summed E-state index contributed by atoms with van der Waals surface area (Å²) in [5.74, 6) is 1.76. The second kappa shape index (κ2) is 9.96. The minimum Gasteiger partial charge on any atom is -0.383 e. The highest BCUT2D eigenvalue weighted by Gasteiger charge is 2.22. The molecule has 6 heteroatoms. The SMILES string of the molecule is COCCN1CCC(CN(Cc2ccncc2)Cc2nc3ccccc3[nH]2)CC1. The number of hydrogen-bond acceptors (Lipinski definition) is 5. The first-order valence-electron chi connectivity index (χ1n) is 10.6. The standard InChI is InChI=1S/C23H31N5O/c1-29-15-14-27-12-8-20(9-13-27)17-28(16-19-6-10-24-11-7-19)18-23-25-21-4-2-3-5-22(21)26-23/h2-7,10-11,20H,8-9,12-18H2,1H3,(H,25,26). The van der Waals surface area contributed by atoms with Crippen LogP contribution in [0.1, 0.15) is 24.2 Å². The molecule has 1 saturated heterocycles. The molecule has 0 unspecified atom stereocenters. The maximum atomic E-state index is 5.23. The lowest BCUT2D eigenvalue weighted by Gasteiger charge is -2.34. The van der Waals surface area contributed by atoms with E-state index in [1.165, 1.54) is 31.5 Å². The Kier molecular flexibility index (Phi) is 6.87. The number of aromatic nitrogens is 3. The van der Waals surface area contributed by atoms with Crippen LogP contribution in [-0.4, -0.2) is 64.6 Å². The van der Waals surface area contributed by atoms with Crippen molar-refractivity contribution in [2.45, 2.75) is 25.9 Å². The highest BCUT2D eigenvalue weighted by Crippen LogP contribution is 2.21. The summed E-state index contributed by atoms with van der Waals surface area (Å²) in [5, 5.41) is 0. The molecule has 0 spiro atoms. The van der Waals surface area contributed by atoms with Gasteiger partial charge in [-0.15, -0.1) is 0 Å². The topological polar surface area (TPSA) is 57.3 Å². The third-order valence-electron chi connectivity index (χ3n) is 5.80. The molecule has 2 aromatic heterocycles. The van der Waals surface area contributed by atoms with Crippen LogP contribution in [-0.2, 0) is 17.8 Å². The lowest BCUT2D eigenvalue weighted by atomic mass is 9.96. The lowest BCUT2D eigenvalue weighted by Crippen LogP contribution is -2.39. The Labute approximate surface area is 172 Å². The van der Waals surface area contributed by atoms with Crippen molar-refractivity contribution in [1.82, 2.24) is 24.8 Å². The number of likely N-dealkylation sites (tertiary alicyclic amines) is 1. The number of para-hydroxylation sites is 2. The molecule has 0 saturated carbocycles. The predicted molar refractivity (Wildman–Crippen MR) is 115 cm³/mol. The van der Waals surface area contributed by atoms with Gasteiger partial charge in [-0.25, -0.2) is 4.98 Å². The molecule has 3 heterocycles. The Balaban J connectivity index is 1.41. The van der Waals surface area contributed by atoms with E-state index in [4.69, 9.17) is 9.72 Å². The fourth-order valence-electron chi connectivity index (χ4n) is 4.20. The Morgan fingerprint density at radius 1 is 1.10 bits per heavy atom. The minimum absolute atomic E-state index is 0.722. The number of nitrogens with one attached hydrogen (secondary N) is 1. The van der Waals surface area contributed by atoms with E-state index < -0.39 is 0 Å².